The summed E-state index contributed by atoms with van der Waals surface area (Å²) < 4.78 is 25.1. The van der Waals surface area contributed by atoms with Crippen molar-refractivity contribution in [3.63, 3.8) is 0 Å². The number of rotatable bonds is 9. The van der Waals surface area contributed by atoms with Gasteiger partial charge in [0.25, 0.3) is 0 Å². The Morgan fingerprint density at radius 1 is 1.40 bits per heavy atom. The summed E-state index contributed by atoms with van der Waals surface area (Å²) in [5, 5.41) is 10.1. The van der Waals surface area contributed by atoms with Crippen LogP contribution in [-0.2, 0) is 4.74 Å². The van der Waals surface area contributed by atoms with E-state index < -0.39 is 11.9 Å². The van der Waals surface area contributed by atoms with Crippen LogP contribution in [0.15, 0.2) is 47.8 Å². The molecule has 2 rings (SSSR count). The molecule has 8 nitrogen and oxygen atoms in total. The Morgan fingerprint density at radius 2 is 2.10 bits per heavy atom. The highest BCUT2D eigenvalue weighted by Crippen LogP contribution is 2.34. The van der Waals surface area contributed by atoms with Crippen LogP contribution in [-0.4, -0.2) is 54.9 Å². The number of aliphatic imine (C=N–C) groups is 1. The van der Waals surface area contributed by atoms with Gasteiger partial charge in [-0.15, -0.1) is 0 Å². The summed E-state index contributed by atoms with van der Waals surface area (Å²) in [5.41, 5.74) is 9.84. The van der Waals surface area contributed by atoms with Crippen molar-refractivity contribution in [3.05, 3.63) is 54.1 Å². The molecule has 0 aliphatic carbocycles. The standard InChI is InChI=1S/C21H30FN5O3/c1-12(2)30-19-7-15(17(26-24)8-16(19)22)14(4)13(3)6-21(25-11-23)27-9-18(28)20(10-27)29-5/h6-8,11-12,18,20,26,28H,3-4,9-10,24H2,1-2,5H3,(H2,23,25)/b21-6+/t18-,20-/m0/s1. The summed E-state index contributed by atoms with van der Waals surface area (Å²) in [4.78, 5) is 6.02. The normalized spacial score (nSPS) is 19.6. The second-order valence-electron chi connectivity index (χ2n) is 7.17. The smallest absolute Gasteiger partial charge is 0.167 e. The molecule has 0 spiro atoms. The van der Waals surface area contributed by atoms with Crippen molar-refractivity contribution in [3.8, 4) is 5.75 Å². The number of nitrogens with one attached hydrogen (secondary N) is 1. The molecule has 0 saturated carbocycles. The van der Waals surface area contributed by atoms with Crippen LogP contribution < -0.4 is 21.7 Å². The third kappa shape index (κ3) is 5.38. The van der Waals surface area contributed by atoms with Crippen LogP contribution in [0.5, 0.6) is 5.75 Å². The molecule has 6 N–H and O–H groups in total. The number of hydrazine groups is 1. The second-order valence-corrected chi connectivity index (χ2v) is 7.17. The first kappa shape index (κ1) is 23.4. The summed E-state index contributed by atoms with van der Waals surface area (Å²) in [5.74, 6) is 5.60. The van der Waals surface area contributed by atoms with Crippen LogP contribution in [0.3, 0.4) is 0 Å². The first-order valence-corrected chi connectivity index (χ1v) is 9.48. The largest absolute Gasteiger partial charge is 0.488 e. The first-order chi connectivity index (χ1) is 14.2. The van der Waals surface area contributed by atoms with E-state index in [-0.39, 0.29) is 18.0 Å². The average molecular weight is 420 g/mol. The second kappa shape index (κ2) is 10.2. The molecule has 1 aromatic rings. The SMILES string of the molecule is C=C(/C=C(\N=C/N)N1C[C@H](OC)[C@@H](O)C1)C(=C)c1cc(OC(C)C)c(F)cc1NN. The number of likely N-dealkylation sites (tertiary alicyclic amines) is 1. The van der Waals surface area contributed by atoms with Gasteiger partial charge in [0.15, 0.2) is 11.6 Å². The van der Waals surface area contributed by atoms with Crippen molar-refractivity contribution < 1.29 is 19.0 Å². The Kier molecular flexibility index (Phi) is 7.99. The number of hydrogen-bond donors (Lipinski definition) is 4. The molecule has 1 fully saturated rings. The molecule has 1 aliphatic rings. The van der Waals surface area contributed by atoms with Gasteiger partial charge in [-0.2, -0.15) is 0 Å². The molecule has 164 valence electrons. The van der Waals surface area contributed by atoms with Crippen LogP contribution in [0.2, 0.25) is 0 Å². The van der Waals surface area contributed by atoms with Crippen molar-refractivity contribution in [1.29, 1.82) is 0 Å². The zero-order chi connectivity index (χ0) is 22.4. The number of nitrogen functional groups attached to an aromatic ring is 1. The number of ether oxygens (including phenoxy) is 2. The summed E-state index contributed by atoms with van der Waals surface area (Å²) in [6, 6.07) is 2.77. The Bertz CT molecular complexity index is 853. The Hall–Kier alpha value is -2.88. The fourth-order valence-corrected chi connectivity index (χ4v) is 3.14. The van der Waals surface area contributed by atoms with Gasteiger partial charge in [-0.1, -0.05) is 13.2 Å². The van der Waals surface area contributed by atoms with Gasteiger partial charge in [0, 0.05) is 31.8 Å². The van der Waals surface area contributed by atoms with Crippen molar-refractivity contribution in [2.75, 3.05) is 25.6 Å². The lowest BCUT2D eigenvalue weighted by Gasteiger charge is -2.20. The summed E-state index contributed by atoms with van der Waals surface area (Å²) in [6.45, 7) is 12.5. The number of aliphatic hydroxyl groups is 1. The zero-order valence-corrected chi connectivity index (χ0v) is 17.6. The molecule has 0 unspecified atom stereocenters. The van der Waals surface area contributed by atoms with Gasteiger partial charge in [-0.3, -0.25) is 5.84 Å². The molecule has 1 aromatic carbocycles. The predicted molar refractivity (Wildman–Crippen MR) is 117 cm³/mol. The van der Waals surface area contributed by atoms with Crippen LogP contribution in [0.25, 0.3) is 5.57 Å². The van der Waals surface area contributed by atoms with Crippen molar-refractivity contribution in [2.24, 2.45) is 16.6 Å². The van der Waals surface area contributed by atoms with E-state index in [0.717, 1.165) is 6.34 Å². The highest BCUT2D eigenvalue weighted by Gasteiger charge is 2.32. The summed E-state index contributed by atoms with van der Waals surface area (Å²) >= 11 is 0. The summed E-state index contributed by atoms with van der Waals surface area (Å²) in [6.07, 6.45) is 1.65. The van der Waals surface area contributed by atoms with E-state index in [2.05, 4.69) is 23.6 Å². The number of benzene rings is 1. The first-order valence-electron chi connectivity index (χ1n) is 9.48. The van der Waals surface area contributed by atoms with Gasteiger partial charge in [0.1, 0.15) is 11.9 Å². The van der Waals surface area contributed by atoms with Gasteiger partial charge >= 0.3 is 0 Å². The molecule has 0 aromatic heterocycles. The van der Waals surface area contributed by atoms with Crippen molar-refractivity contribution >= 4 is 17.6 Å². The number of allylic oxidation sites excluding steroid dienone is 3. The predicted octanol–water partition coefficient (Wildman–Crippen LogP) is 1.99. The monoisotopic (exact) mass is 419 g/mol. The topological polar surface area (TPSA) is 118 Å². The van der Waals surface area contributed by atoms with Gasteiger partial charge in [0.05, 0.1) is 24.2 Å². The minimum atomic E-state index is -0.649. The molecular formula is C21H30FN5O3. The molecule has 30 heavy (non-hydrogen) atoms. The molecule has 0 bridgehead atoms. The number of anilines is 1. The molecule has 0 amide bonds. The number of nitrogens with two attached hydrogens (primary N) is 2. The van der Waals surface area contributed by atoms with Crippen LogP contribution >= 0.6 is 0 Å². The number of β-amino-alcohol motifs (C(OH)–C–C–N with tert-alkyl or cyclic N) is 1. The average Bonchev–Trinajstić information content (AvgIpc) is 3.08. The minimum Gasteiger partial charge on any atom is -0.488 e. The minimum absolute atomic E-state index is 0.0859. The van der Waals surface area contributed by atoms with Gasteiger partial charge in [0.2, 0.25) is 0 Å². The maximum Gasteiger partial charge on any atom is 0.167 e. The Balaban J connectivity index is 2.36. The number of nitrogens with zero attached hydrogens (tertiary/aromatic N) is 2. The van der Waals surface area contributed by atoms with Crippen LogP contribution in [0.4, 0.5) is 10.1 Å². The third-order valence-electron chi connectivity index (χ3n) is 4.68. The number of methoxy groups -OCH3 is 1. The fraction of sp³-hybridized carbons (Fsp3) is 0.381. The molecule has 2 atom stereocenters. The lowest BCUT2D eigenvalue weighted by Crippen LogP contribution is -2.25. The number of halogens is 1. The highest BCUT2D eigenvalue weighted by molar-refractivity contribution is 5.86. The third-order valence-corrected chi connectivity index (χ3v) is 4.68. The van der Waals surface area contributed by atoms with Crippen molar-refractivity contribution in [1.82, 2.24) is 4.90 Å². The molecule has 9 heteroatoms. The van der Waals surface area contributed by atoms with Gasteiger partial charge in [-0.05, 0) is 37.1 Å². The zero-order valence-electron chi connectivity index (χ0n) is 17.6. The quantitative estimate of drug-likeness (QED) is 0.159. The summed E-state index contributed by atoms with van der Waals surface area (Å²) in [7, 11) is 1.54. The molecule has 0 radical (unpaired) electrons. The van der Waals surface area contributed by atoms with Crippen LogP contribution in [0.1, 0.15) is 19.4 Å². The van der Waals surface area contributed by atoms with E-state index in [1.165, 1.54) is 12.1 Å². The lowest BCUT2D eigenvalue weighted by atomic mass is 9.98. The van der Waals surface area contributed by atoms with Crippen molar-refractivity contribution in [2.45, 2.75) is 32.2 Å². The number of aliphatic hydroxyl groups excluding tert-OH is 1. The van der Waals surface area contributed by atoms with E-state index in [0.29, 0.717) is 41.3 Å². The maximum absolute atomic E-state index is 14.3. The van der Waals surface area contributed by atoms with E-state index in [1.807, 2.05) is 4.90 Å². The molecular weight excluding hydrogens is 389 g/mol. The molecule has 1 saturated heterocycles. The Morgan fingerprint density at radius 3 is 2.63 bits per heavy atom. The van der Waals surface area contributed by atoms with E-state index in [1.54, 1.807) is 27.0 Å². The maximum atomic E-state index is 14.3. The van der Waals surface area contributed by atoms with Gasteiger partial charge < -0.3 is 30.6 Å². The van der Waals surface area contributed by atoms with E-state index in [9.17, 15) is 9.50 Å². The fourth-order valence-electron chi connectivity index (χ4n) is 3.14. The highest BCUT2D eigenvalue weighted by atomic mass is 19.1. The molecule has 1 heterocycles. The van der Waals surface area contributed by atoms with Crippen LogP contribution in [0, 0.1) is 5.82 Å². The molecule has 1 aliphatic heterocycles. The van der Waals surface area contributed by atoms with E-state index >= 15 is 0 Å². The Labute approximate surface area is 176 Å². The number of hydrogen-bond acceptors (Lipinski definition) is 7. The van der Waals surface area contributed by atoms with Gasteiger partial charge in [-0.25, -0.2) is 9.38 Å². The lowest BCUT2D eigenvalue weighted by molar-refractivity contribution is 0.0215. The van der Waals surface area contributed by atoms with E-state index in [4.69, 9.17) is 21.1 Å².